The lowest BCUT2D eigenvalue weighted by Crippen LogP contribution is -2.56. The number of hydrogen-bond acceptors (Lipinski definition) is 5. The first-order valence-electron chi connectivity index (χ1n) is 7.75. The molecule has 1 aromatic carbocycles. The number of halogens is 4. The van der Waals surface area contributed by atoms with E-state index >= 15 is 0 Å². The summed E-state index contributed by atoms with van der Waals surface area (Å²) < 4.78 is 50.3. The van der Waals surface area contributed by atoms with E-state index in [0.717, 1.165) is 0 Å². The molecule has 0 bridgehead atoms. The zero-order chi connectivity index (χ0) is 19.8. The minimum atomic E-state index is -5.08. The molecule has 1 amide bonds. The predicted octanol–water partition coefficient (Wildman–Crippen LogP) is 3.98. The maximum atomic E-state index is 13.2. The van der Waals surface area contributed by atoms with Crippen LogP contribution in [-0.2, 0) is 6.61 Å². The number of rotatable bonds is 4. The molecule has 0 saturated carbocycles. The van der Waals surface area contributed by atoms with Crippen LogP contribution in [0, 0.1) is 0 Å². The van der Waals surface area contributed by atoms with Gasteiger partial charge in [-0.1, -0.05) is 23.7 Å². The molecule has 0 saturated heterocycles. The topological polar surface area (TPSA) is 75.3 Å². The average Bonchev–Trinajstić information content (AvgIpc) is 3.18. The largest absolute Gasteiger partial charge is 0.484 e. The second-order valence-electron chi connectivity index (χ2n) is 5.93. The highest BCUT2D eigenvalue weighted by Crippen LogP contribution is 2.41. The van der Waals surface area contributed by atoms with Crippen molar-refractivity contribution in [3.05, 3.63) is 52.9 Å². The van der Waals surface area contributed by atoms with Crippen LogP contribution >= 0.6 is 11.6 Å². The lowest BCUT2D eigenvalue weighted by atomic mass is 10.1. The van der Waals surface area contributed by atoms with Gasteiger partial charge in [-0.2, -0.15) is 23.3 Å². The number of aliphatic hydroxyl groups is 1. The minimum Gasteiger partial charge on any atom is -0.484 e. The van der Waals surface area contributed by atoms with Crippen molar-refractivity contribution in [2.75, 3.05) is 0 Å². The fourth-order valence-corrected chi connectivity index (χ4v) is 2.73. The van der Waals surface area contributed by atoms with E-state index in [-0.39, 0.29) is 23.1 Å². The smallest absolute Gasteiger partial charge is 0.438 e. The van der Waals surface area contributed by atoms with Crippen molar-refractivity contribution >= 4 is 23.2 Å². The highest BCUT2D eigenvalue weighted by atomic mass is 35.5. The van der Waals surface area contributed by atoms with Gasteiger partial charge in [-0.3, -0.25) is 4.79 Å². The van der Waals surface area contributed by atoms with Crippen LogP contribution in [0.3, 0.4) is 0 Å². The number of nitrogens with zero attached hydrogens (tertiary/aromatic N) is 2. The second kappa shape index (κ2) is 6.90. The maximum Gasteiger partial charge on any atom is 0.438 e. The Labute approximate surface area is 156 Å². The van der Waals surface area contributed by atoms with E-state index in [4.69, 9.17) is 20.8 Å². The van der Waals surface area contributed by atoms with Crippen molar-refractivity contribution < 1.29 is 32.2 Å². The Bertz CT molecular complexity index is 896. The lowest BCUT2D eigenvalue weighted by Gasteiger charge is -2.32. The molecule has 1 atom stereocenters. The van der Waals surface area contributed by atoms with Gasteiger partial charge in [0.25, 0.3) is 5.72 Å². The van der Waals surface area contributed by atoms with Gasteiger partial charge in [0.1, 0.15) is 18.1 Å². The molecule has 0 spiro atoms. The molecule has 0 unspecified atom stereocenters. The molecule has 1 aromatic heterocycles. The van der Waals surface area contributed by atoms with Gasteiger partial charge in [0.2, 0.25) is 0 Å². The van der Waals surface area contributed by atoms with Gasteiger partial charge in [0.15, 0.2) is 5.76 Å². The molecule has 1 aliphatic heterocycles. The SMILES string of the molecule is CC1=NN(C(=O)c2ccc(COc3ccccc3Cl)o2)[C@@](O)(C(F)(F)F)C1. The standard InChI is InChI=1S/C17H14ClF3N2O4/c1-10-8-16(25,17(19,20)21)23(22-10)15(24)14-7-6-11(27-14)9-26-13-5-3-2-4-12(13)18/h2-7,25H,8-9H2,1H3/t16-/m0/s1. The Kier molecular flexibility index (Phi) is 4.92. The van der Waals surface area contributed by atoms with Crippen LogP contribution in [0.1, 0.15) is 29.7 Å². The molecule has 6 nitrogen and oxygen atoms in total. The van der Waals surface area contributed by atoms with Crippen molar-refractivity contribution in [1.82, 2.24) is 5.01 Å². The van der Waals surface area contributed by atoms with Gasteiger partial charge in [0, 0.05) is 12.1 Å². The number of para-hydroxylation sites is 1. The van der Waals surface area contributed by atoms with Gasteiger partial charge < -0.3 is 14.3 Å². The van der Waals surface area contributed by atoms with E-state index in [0.29, 0.717) is 10.8 Å². The van der Waals surface area contributed by atoms with Crippen LogP contribution in [0.25, 0.3) is 0 Å². The molecule has 2 aromatic rings. The molecule has 3 rings (SSSR count). The third-order valence-corrected chi connectivity index (χ3v) is 4.16. The summed E-state index contributed by atoms with van der Waals surface area (Å²) in [6.45, 7) is 1.19. The summed E-state index contributed by atoms with van der Waals surface area (Å²) in [5, 5.41) is 13.9. The average molecular weight is 403 g/mol. The molecule has 0 fully saturated rings. The van der Waals surface area contributed by atoms with Crippen LogP contribution < -0.4 is 4.74 Å². The molecule has 27 heavy (non-hydrogen) atoms. The minimum absolute atomic E-state index is 0.000131. The van der Waals surface area contributed by atoms with Gasteiger partial charge in [-0.05, 0) is 31.2 Å². The van der Waals surface area contributed by atoms with Gasteiger partial charge in [-0.25, -0.2) is 0 Å². The number of ether oxygens (including phenoxy) is 1. The zero-order valence-corrected chi connectivity index (χ0v) is 14.7. The normalized spacial score (nSPS) is 19.9. The van der Waals surface area contributed by atoms with E-state index in [1.54, 1.807) is 24.3 Å². The fourth-order valence-electron chi connectivity index (χ4n) is 2.54. The van der Waals surface area contributed by atoms with Gasteiger partial charge in [-0.15, -0.1) is 0 Å². The van der Waals surface area contributed by atoms with Crippen molar-refractivity contribution in [3.8, 4) is 5.75 Å². The van der Waals surface area contributed by atoms with Gasteiger partial charge >= 0.3 is 12.1 Å². The predicted molar refractivity (Wildman–Crippen MR) is 89.4 cm³/mol. The molecular formula is C17H14ClF3N2O4. The molecule has 1 N–H and O–H groups in total. The van der Waals surface area contributed by atoms with E-state index in [2.05, 4.69) is 5.10 Å². The zero-order valence-electron chi connectivity index (χ0n) is 14.0. The van der Waals surface area contributed by atoms with Crippen molar-refractivity contribution in [1.29, 1.82) is 0 Å². The molecular weight excluding hydrogens is 389 g/mol. The summed E-state index contributed by atoms with van der Waals surface area (Å²) in [6, 6.07) is 9.25. The second-order valence-corrected chi connectivity index (χ2v) is 6.34. The van der Waals surface area contributed by atoms with Crippen molar-refractivity contribution in [3.63, 3.8) is 0 Å². The number of benzene rings is 1. The maximum absolute atomic E-state index is 13.2. The number of carbonyl (C=O) groups excluding carboxylic acids is 1. The molecule has 2 heterocycles. The Balaban J connectivity index is 1.76. The third kappa shape index (κ3) is 3.65. The van der Waals surface area contributed by atoms with Crippen LogP contribution in [-0.4, -0.2) is 33.6 Å². The monoisotopic (exact) mass is 402 g/mol. The van der Waals surface area contributed by atoms with E-state index in [9.17, 15) is 23.1 Å². The summed E-state index contributed by atoms with van der Waals surface area (Å²) in [6.07, 6.45) is -5.90. The quantitative estimate of drug-likeness (QED) is 0.839. The Morgan fingerprint density at radius 3 is 2.74 bits per heavy atom. The van der Waals surface area contributed by atoms with Crippen LogP contribution in [0.4, 0.5) is 13.2 Å². The summed E-state index contributed by atoms with van der Waals surface area (Å²) in [4.78, 5) is 12.4. The summed E-state index contributed by atoms with van der Waals surface area (Å²) in [7, 11) is 0. The van der Waals surface area contributed by atoms with E-state index in [1.807, 2.05) is 0 Å². The number of hydrogen-bond donors (Lipinski definition) is 1. The number of carbonyl (C=O) groups is 1. The summed E-state index contributed by atoms with van der Waals surface area (Å²) in [5.41, 5.74) is -3.44. The number of alkyl halides is 3. The third-order valence-electron chi connectivity index (χ3n) is 3.85. The summed E-state index contributed by atoms with van der Waals surface area (Å²) >= 11 is 5.95. The highest BCUT2D eigenvalue weighted by molar-refractivity contribution is 6.32. The Morgan fingerprint density at radius 2 is 2.07 bits per heavy atom. The molecule has 144 valence electrons. The fraction of sp³-hybridized carbons (Fsp3) is 0.294. The van der Waals surface area contributed by atoms with Crippen LogP contribution in [0.5, 0.6) is 5.75 Å². The van der Waals surface area contributed by atoms with Gasteiger partial charge in [0.05, 0.1) is 5.02 Å². The van der Waals surface area contributed by atoms with Crippen molar-refractivity contribution in [2.45, 2.75) is 31.9 Å². The van der Waals surface area contributed by atoms with Crippen LogP contribution in [0.15, 0.2) is 45.9 Å². The Morgan fingerprint density at radius 1 is 1.37 bits per heavy atom. The highest BCUT2D eigenvalue weighted by Gasteiger charge is 2.63. The lowest BCUT2D eigenvalue weighted by molar-refractivity contribution is -0.297. The van der Waals surface area contributed by atoms with Crippen LogP contribution in [0.2, 0.25) is 5.02 Å². The van der Waals surface area contributed by atoms with E-state index in [1.165, 1.54) is 19.1 Å². The molecule has 0 aliphatic carbocycles. The first kappa shape index (κ1) is 19.2. The Hall–Kier alpha value is -2.52. The number of furan rings is 1. The molecule has 0 radical (unpaired) electrons. The molecule has 10 heteroatoms. The molecule has 1 aliphatic rings. The summed E-state index contributed by atoms with van der Waals surface area (Å²) in [5.74, 6) is -1.05. The first-order valence-corrected chi connectivity index (χ1v) is 8.13. The number of amides is 1. The first-order chi connectivity index (χ1) is 12.6. The van der Waals surface area contributed by atoms with E-state index < -0.39 is 30.0 Å². The van der Waals surface area contributed by atoms with Crippen molar-refractivity contribution in [2.24, 2.45) is 5.10 Å². The number of hydrazone groups is 1.